The van der Waals surface area contributed by atoms with Gasteiger partial charge in [0.2, 0.25) is 0 Å². The summed E-state index contributed by atoms with van der Waals surface area (Å²) in [6.07, 6.45) is 1.70. The smallest absolute Gasteiger partial charge is 0.253 e. The van der Waals surface area contributed by atoms with Crippen molar-refractivity contribution in [1.29, 1.82) is 0 Å². The lowest BCUT2D eigenvalue weighted by Gasteiger charge is -2.09. The van der Waals surface area contributed by atoms with Crippen LogP contribution in [-0.2, 0) is 0 Å². The van der Waals surface area contributed by atoms with Crippen LogP contribution in [0.1, 0.15) is 15.9 Å². The van der Waals surface area contributed by atoms with Crippen LogP contribution in [0.5, 0.6) is 0 Å². The molecule has 17 heavy (non-hydrogen) atoms. The van der Waals surface area contributed by atoms with E-state index in [1.165, 1.54) is 0 Å². The van der Waals surface area contributed by atoms with Crippen LogP contribution in [0.4, 0.5) is 0 Å². The van der Waals surface area contributed by atoms with Crippen LogP contribution < -0.4 is 5.32 Å². The highest BCUT2D eigenvalue weighted by Gasteiger charge is 2.13. The van der Waals surface area contributed by atoms with Crippen LogP contribution in [0.25, 0.3) is 11.3 Å². The van der Waals surface area contributed by atoms with Crippen molar-refractivity contribution < 1.29 is 4.79 Å². The first kappa shape index (κ1) is 11.3. The van der Waals surface area contributed by atoms with Crippen LogP contribution in [-0.4, -0.2) is 17.9 Å². The van der Waals surface area contributed by atoms with Gasteiger partial charge in [0, 0.05) is 18.8 Å². The van der Waals surface area contributed by atoms with E-state index in [9.17, 15) is 4.79 Å². The molecule has 1 aromatic heterocycles. The first-order chi connectivity index (χ1) is 8.24. The van der Waals surface area contributed by atoms with Gasteiger partial charge in [0.15, 0.2) is 0 Å². The molecule has 1 N–H and O–H groups in total. The second-order valence-electron chi connectivity index (χ2n) is 3.79. The van der Waals surface area contributed by atoms with Crippen molar-refractivity contribution in [2.24, 2.45) is 0 Å². The zero-order chi connectivity index (χ0) is 12.3. The Morgan fingerprint density at radius 2 is 1.94 bits per heavy atom. The number of pyridine rings is 1. The normalized spacial score (nSPS) is 10.0. The minimum atomic E-state index is -0.114. The molecule has 0 saturated carbocycles. The largest absolute Gasteiger partial charge is 0.355 e. The molecule has 0 fully saturated rings. The van der Waals surface area contributed by atoms with Crippen molar-refractivity contribution in [2.75, 3.05) is 7.05 Å². The highest BCUT2D eigenvalue weighted by atomic mass is 16.1. The predicted octanol–water partition coefficient (Wildman–Crippen LogP) is 2.42. The maximum atomic E-state index is 11.8. The summed E-state index contributed by atoms with van der Waals surface area (Å²) < 4.78 is 0. The van der Waals surface area contributed by atoms with Gasteiger partial charge in [0.1, 0.15) is 0 Å². The number of aryl methyl sites for hydroxylation is 1. The molecule has 0 aliphatic heterocycles. The third-order valence-corrected chi connectivity index (χ3v) is 2.68. The van der Waals surface area contributed by atoms with Gasteiger partial charge >= 0.3 is 0 Å². The number of hydrogen-bond acceptors (Lipinski definition) is 2. The molecule has 0 atom stereocenters. The molecule has 1 aromatic carbocycles. The third-order valence-electron chi connectivity index (χ3n) is 2.68. The topological polar surface area (TPSA) is 42.0 Å². The van der Waals surface area contributed by atoms with Crippen molar-refractivity contribution in [3.63, 3.8) is 0 Å². The molecule has 0 unspecified atom stereocenters. The van der Waals surface area contributed by atoms with Crippen LogP contribution in [0, 0.1) is 6.92 Å². The van der Waals surface area contributed by atoms with Gasteiger partial charge < -0.3 is 5.32 Å². The summed E-state index contributed by atoms with van der Waals surface area (Å²) in [6.45, 7) is 2.01. The summed E-state index contributed by atoms with van der Waals surface area (Å²) in [5, 5.41) is 2.63. The molecule has 3 heteroatoms. The van der Waals surface area contributed by atoms with Crippen molar-refractivity contribution in [3.8, 4) is 11.3 Å². The minimum absolute atomic E-state index is 0.114. The molecule has 1 heterocycles. The standard InChI is InChI=1S/C14H14N2O/c1-10-6-3-4-7-11(10)13-12(14(17)15-2)8-5-9-16-13/h3-9H,1-2H3,(H,15,17). The molecule has 3 nitrogen and oxygen atoms in total. The van der Waals surface area contributed by atoms with Gasteiger partial charge in [0.05, 0.1) is 11.3 Å². The molecule has 0 bridgehead atoms. The van der Waals surface area contributed by atoms with E-state index in [1.54, 1.807) is 25.4 Å². The monoisotopic (exact) mass is 226 g/mol. The first-order valence-electron chi connectivity index (χ1n) is 5.47. The number of carbonyl (C=O) groups is 1. The number of aromatic nitrogens is 1. The fourth-order valence-electron chi connectivity index (χ4n) is 1.78. The van der Waals surface area contributed by atoms with Gasteiger partial charge in [-0.25, -0.2) is 0 Å². The highest BCUT2D eigenvalue weighted by Crippen LogP contribution is 2.24. The van der Waals surface area contributed by atoms with Gasteiger partial charge in [-0.15, -0.1) is 0 Å². The Bertz CT molecular complexity index is 549. The average molecular weight is 226 g/mol. The fraction of sp³-hybridized carbons (Fsp3) is 0.143. The summed E-state index contributed by atoms with van der Waals surface area (Å²) >= 11 is 0. The summed E-state index contributed by atoms with van der Waals surface area (Å²) in [5.41, 5.74) is 3.43. The third kappa shape index (κ3) is 2.18. The molecule has 0 aliphatic carbocycles. The molecule has 1 amide bonds. The first-order valence-corrected chi connectivity index (χ1v) is 5.47. The Morgan fingerprint density at radius 1 is 1.18 bits per heavy atom. The average Bonchev–Trinajstić information content (AvgIpc) is 2.38. The van der Waals surface area contributed by atoms with Gasteiger partial charge in [-0.05, 0) is 24.6 Å². The van der Waals surface area contributed by atoms with Gasteiger partial charge in [-0.1, -0.05) is 24.3 Å². The van der Waals surface area contributed by atoms with E-state index >= 15 is 0 Å². The number of amides is 1. The summed E-state index contributed by atoms with van der Waals surface area (Å²) in [5.74, 6) is -0.114. The Hall–Kier alpha value is -2.16. The van der Waals surface area contributed by atoms with Gasteiger partial charge in [0.25, 0.3) is 5.91 Å². The van der Waals surface area contributed by atoms with Crippen LogP contribution in [0.2, 0.25) is 0 Å². The molecule has 0 radical (unpaired) electrons. The quantitative estimate of drug-likeness (QED) is 0.854. The Labute approximate surface area is 101 Å². The SMILES string of the molecule is CNC(=O)c1cccnc1-c1ccccc1C. The predicted molar refractivity (Wildman–Crippen MR) is 67.8 cm³/mol. The molecular formula is C14H14N2O. The fourth-order valence-corrected chi connectivity index (χ4v) is 1.78. The summed E-state index contributed by atoms with van der Waals surface area (Å²) in [6, 6.07) is 11.5. The van der Waals surface area contributed by atoms with Crippen LogP contribution in [0.15, 0.2) is 42.6 Å². The van der Waals surface area contributed by atoms with E-state index in [2.05, 4.69) is 10.3 Å². The molecular weight excluding hydrogens is 212 g/mol. The zero-order valence-electron chi connectivity index (χ0n) is 9.90. The van der Waals surface area contributed by atoms with Crippen molar-refractivity contribution in [2.45, 2.75) is 6.92 Å². The lowest BCUT2D eigenvalue weighted by molar-refractivity contribution is 0.0963. The van der Waals surface area contributed by atoms with Crippen LogP contribution in [0.3, 0.4) is 0 Å². The van der Waals surface area contributed by atoms with E-state index in [1.807, 2.05) is 31.2 Å². The molecule has 0 spiro atoms. The second-order valence-corrected chi connectivity index (χ2v) is 3.79. The van der Waals surface area contributed by atoms with E-state index in [0.29, 0.717) is 5.56 Å². The molecule has 2 aromatic rings. The molecule has 86 valence electrons. The zero-order valence-corrected chi connectivity index (χ0v) is 9.90. The van der Waals surface area contributed by atoms with Crippen molar-refractivity contribution in [1.82, 2.24) is 10.3 Å². The van der Waals surface area contributed by atoms with E-state index < -0.39 is 0 Å². The maximum absolute atomic E-state index is 11.8. The summed E-state index contributed by atoms with van der Waals surface area (Å²) in [7, 11) is 1.62. The van der Waals surface area contributed by atoms with Crippen molar-refractivity contribution >= 4 is 5.91 Å². The Kier molecular flexibility index (Phi) is 3.19. The number of carbonyl (C=O) groups excluding carboxylic acids is 1. The van der Waals surface area contributed by atoms with E-state index in [4.69, 9.17) is 0 Å². The van der Waals surface area contributed by atoms with Gasteiger partial charge in [-0.3, -0.25) is 9.78 Å². The minimum Gasteiger partial charge on any atom is -0.355 e. The number of benzene rings is 1. The maximum Gasteiger partial charge on any atom is 0.253 e. The van der Waals surface area contributed by atoms with E-state index in [0.717, 1.165) is 16.8 Å². The number of nitrogens with zero attached hydrogens (tertiary/aromatic N) is 1. The van der Waals surface area contributed by atoms with Crippen molar-refractivity contribution in [3.05, 3.63) is 53.7 Å². The molecule has 0 saturated heterocycles. The Balaban J connectivity index is 2.60. The number of rotatable bonds is 2. The lowest BCUT2D eigenvalue weighted by atomic mass is 10.0. The molecule has 0 aliphatic rings. The van der Waals surface area contributed by atoms with Gasteiger partial charge in [-0.2, -0.15) is 0 Å². The number of nitrogens with one attached hydrogen (secondary N) is 1. The molecule has 2 rings (SSSR count). The highest BCUT2D eigenvalue weighted by molar-refractivity contribution is 5.99. The lowest BCUT2D eigenvalue weighted by Crippen LogP contribution is -2.19. The van der Waals surface area contributed by atoms with Crippen LogP contribution >= 0.6 is 0 Å². The second kappa shape index (κ2) is 4.78. The summed E-state index contributed by atoms with van der Waals surface area (Å²) in [4.78, 5) is 16.1. The number of hydrogen-bond donors (Lipinski definition) is 1. The van der Waals surface area contributed by atoms with E-state index in [-0.39, 0.29) is 5.91 Å². The Morgan fingerprint density at radius 3 is 2.65 bits per heavy atom.